The third-order valence-electron chi connectivity index (χ3n) is 3.67. The maximum Gasteiger partial charge on any atom is 0.146 e. The van der Waals surface area contributed by atoms with Gasteiger partial charge < -0.3 is 20.1 Å². The van der Waals surface area contributed by atoms with E-state index in [-0.39, 0.29) is 6.61 Å². The van der Waals surface area contributed by atoms with Crippen molar-refractivity contribution in [3.8, 4) is 11.4 Å². The number of anilines is 1. The number of nitrogens with two attached hydrogens (primary N) is 1. The molecule has 0 atom stereocenters. The van der Waals surface area contributed by atoms with Crippen molar-refractivity contribution in [1.29, 1.82) is 0 Å². The Morgan fingerprint density at radius 1 is 1.32 bits per heavy atom. The smallest absolute Gasteiger partial charge is 0.146 e. The molecule has 1 aromatic carbocycles. The van der Waals surface area contributed by atoms with E-state index >= 15 is 0 Å². The van der Waals surface area contributed by atoms with E-state index in [2.05, 4.69) is 10.1 Å². The van der Waals surface area contributed by atoms with Gasteiger partial charge in [0.25, 0.3) is 0 Å². The van der Waals surface area contributed by atoms with E-state index in [9.17, 15) is 0 Å². The molecule has 3 aromatic rings. The SMILES string of the molecule is COCc1nn(CCO)c(N)c1-c1nc2ccccc2n1C. The Kier molecular flexibility index (Phi) is 3.82. The lowest BCUT2D eigenvalue weighted by Gasteiger charge is -2.05. The molecule has 0 amide bonds. The highest BCUT2D eigenvalue weighted by Gasteiger charge is 2.21. The van der Waals surface area contributed by atoms with Crippen LogP contribution in [-0.2, 0) is 24.9 Å². The molecule has 0 aliphatic heterocycles. The summed E-state index contributed by atoms with van der Waals surface area (Å²) in [4.78, 5) is 4.67. The Balaban J connectivity index is 2.22. The monoisotopic (exact) mass is 301 g/mol. The first kappa shape index (κ1) is 14.6. The number of nitrogens with zero attached hydrogens (tertiary/aromatic N) is 4. The minimum absolute atomic E-state index is 0.0275. The van der Waals surface area contributed by atoms with E-state index in [0.29, 0.717) is 24.7 Å². The van der Waals surface area contributed by atoms with Gasteiger partial charge in [0.05, 0.1) is 36.4 Å². The molecule has 2 heterocycles. The Morgan fingerprint density at radius 2 is 2.09 bits per heavy atom. The predicted molar refractivity (Wildman–Crippen MR) is 84.1 cm³/mol. The van der Waals surface area contributed by atoms with E-state index in [1.165, 1.54) is 0 Å². The Morgan fingerprint density at radius 3 is 2.77 bits per heavy atom. The Hall–Kier alpha value is -2.38. The first-order valence-corrected chi connectivity index (χ1v) is 7.04. The summed E-state index contributed by atoms with van der Waals surface area (Å²) in [5, 5.41) is 13.6. The molecule has 22 heavy (non-hydrogen) atoms. The fourth-order valence-corrected chi connectivity index (χ4v) is 2.64. The fraction of sp³-hybridized carbons (Fsp3) is 0.333. The number of fused-ring (bicyclic) bond motifs is 1. The van der Waals surface area contributed by atoms with E-state index < -0.39 is 0 Å². The molecule has 7 nitrogen and oxygen atoms in total. The van der Waals surface area contributed by atoms with E-state index in [4.69, 9.17) is 15.6 Å². The molecule has 0 aliphatic rings. The maximum atomic E-state index is 9.15. The second kappa shape index (κ2) is 5.78. The average Bonchev–Trinajstić information content (AvgIpc) is 2.99. The molecule has 0 spiro atoms. The van der Waals surface area contributed by atoms with Crippen molar-refractivity contribution in [2.45, 2.75) is 13.2 Å². The van der Waals surface area contributed by atoms with Crippen molar-refractivity contribution in [2.75, 3.05) is 19.5 Å². The van der Waals surface area contributed by atoms with Gasteiger partial charge in [-0.3, -0.25) is 0 Å². The molecule has 0 unspecified atom stereocenters. The van der Waals surface area contributed by atoms with Gasteiger partial charge in [0.15, 0.2) is 0 Å². The van der Waals surface area contributed by atoms with Gasteiger partial charge in [0, 0.05) is 14.2 Å². The van der Waals surface area contributed by atoms with Crippen LogP contribution in [0.3, 0.4) is 0 Å². The standard InChI is InChI=1S/C15H19N5O2/c1-19-12-6-4-3-5-10(12)17-15(19)13-11(9-22-2)18-20(7-8-21)14(13)16/h3-6,21H,7-9,16H2,1-2H3. The molecule has 0 fully saturated rings. The summed E-state index contributed by atoms with van der Waals surface area (Å²) in [7, 11) is 3.56. The van der Waals surface area contributed by atoms with Crippen LogP contribution in [0.15, 0.2) is 24.3 Å². The predicted octanol–water partition coefficient (Wildman–Crippen LogP) is 1.16. The summed E-state index contributed by atoms with van der Waals surface area (Å²) in [6.45, 7) is 0.647. The average molecular weight is 301 g/mol. The van der Waals surface area contributed by atoms with Gasteiger partial charge in [-0.2, -0.15) is 5.10 Å². The van der Waals surface area contributed by atoms with Crippen molar-refractivity contribution in [3.05, 3.63) is 30.0 Å². The first-order valence-electron chi connectivity index (χ1n) is 7.04. The zero-order valence-corrected chi connectivity index (χ0v) is 12.7. The number of aliphatic hydroxyl groups excluding tert-OH is 1. The first-order chi connectivity index (χ1) is 10.7. The topological polar surface area (TPSA) is 91.1 Å². The van der Waals surface area contributed by atoms with Crippen LogP contribution in [0.2, 0.25) is 0 Å². The van der Waals surface area contributed by atoms with Crippen molar-refractivity contribution in [2.24, 2.45) is 7.05 Å². The van der Waals surface area contributed by atoms with Gasteiger partial charge in [-0.1, -0.05) is 12.1 Å². The largest absolute Gasteiger partial charge is 0.394 e. The highest BCUT2D eigenvalue weighted by atomic mass is 16.5. The van der Waals surface area contributed by atoms with Gasteiger partial charge in [-0.25, -0.2) is 9.67 Å². The van der Waals surface area contributed by atoms with Gasteiger partial charge in [-0.15, -0.1) is 0 Å². The van der Waals surface area contributed by atoms with Crippen LogP contribution in [0.1, 0.15) is 5.69 Å². The van der Waals surface area contributed by atoms with Crippen LogP contribution in [0.5, 0.6) is 0 Å². The quantitative estimate of drug-likeness (QED) is 0.738. The van der Waals surface area contributed by atoms with Gasteiger partial charge in [-0.05, 0) is 12.1 Å². The van der Waals surface area contributed by atoms with Crippen LogP contribution >= 0.6 is 0 Å². The number of benzene rings is 1. The minimum Gasteiger partial charge on any atom is -0.394 e. The van der Waals surface area contributed by atoms with Crippen molar-refractivity contribution < 1.29 is 9.84 Å². The Labute approximate surface area is 127 Å². The fourth-order valence-electron chi connectivity index (χ4n) is 2.64. The number of para-hydroxylation sites is 2. The zero-order valence-electron chi connectivity index (χ0n) is 12.7. The second-order valence-electron chi connectivity index (χ2n) is 5.07. The molecular weight excluding hydrogens is 282 g/mol. The van der Waals surface area contributed by atoms with E-state index in [1.807, 2.05) is 35.9 Å². The molecule has 3 N–H and O–H groups in total. The number of methoxy groups -OCH3 is 1. The number of aromatic nitrogens is 4. The van der Waals surface area contributed by atoms with Gasteiger partial charge in [0.2, 0.25) is 0 Å². The lowest BCUT2D eigenvalue weighted by atomic mass is 10.2. The molecular formula is C15H19N5O2. The number of aryl methyl sites for hydroxylation is 1. The lowest BCUT2D eigenvalue weighted by Crippen LogP contribution is -2.08. The molecule has 2 aromatic heterocycles. The lowest BCUT2D eigenvalue weighted by molar-refractivity contribution is 0.180. The number of aliphatic hydroxyl groups is 1. The summed E-state index contributed by atoms with van der Waals surface area (Å²) in [5.74, 6) is 1.23. The molecule has 3 rings (SSSR count). The Bertz CT molecular complexity index is 806. The van der Waals surface area contributed by atoms with Gasteiger partial charge in [0.1, 0.15) is 17.3 Å². The highest BCUT2D eigenvalue weighted by Crippen LogP contribution is 2.31. The summed E-state index contributed by atoms with van der Waals surface area (Å²) in [6, 6.07) is 7.90. The van der Waals surface area contributed by atoms with Crippen LogP contribution in [-0.4, -0.2) is 38.2 Å². The van der Waals surface area contributed by atoms with Crippen molar-refractivity contribution in [3.63, 3.8) is 0 Å². The minimum atomic E-state index is -0.0275. The van der Waals surface area contributed by atoms with Gasteiger partial charge >= 0.3 is 0 Å². The molecule has 116 valence electrons. The number of hydrogen-bond donors (Lipinski definition) is 2. The molecule has 0 saturated heterocycles. The molecule has 0 saturated carbocycles. The number of rotatable bonds is 5. The normalized spacial score (nSPS) is 11.4. The third-order valence-corrected chi connectivity index (χ3v) is 3.67. The molecule has 0 radical (unpaired) electrons. The van der Waals surface area contributed by atoms with Crippen LogP contribution in [0.25, 0.3) is 22.4 Å². The van der Waals surface area contributed by atoms with Crippen LogP contribution in [0, 0.1) is 0 Å². The summed E-state index contributed by atoms with van der Waals surface area (Å²) < 4.78 is 8.80. The second-order valence-corrected chi connectivity index (χ2v) is 5.07. The summed E-state index contributed by atoms with van der Waals surface area (Å²) in [5.41, 5.74) is 9.62. The molecule has 0 aliphatic carbocycles. The highest BCUT2D eigenvalue weighted by molar-refractivity contribution is 5.83. The molecule has 0 bridgehead atoms. The third kappa shape index (κ3) is 2.24. The zero-order chi connectivity index (χ0) is 15.7. The number of hydrogen-bond acceptors (Lipinski definition) is 5. The maximum absolute atomic E-state index is 9.15. The van der Waals surface area contributed by atoms with Crippen molar-refractivity contribution in [1.82, 2.24) is 19.3 Å². The number of ether oxygens (including phenoxy) is 1. The molecule has 7 heteroatoms. The van der Waals surface area contributed by atoms with Crippen LogP contribution < -0.4 is 5.73 Å². The number of imidazole rings is 1. The van der Waals surface area contributed by atoms with E-state index in [1.54, 1.807) is 11.8 Å². The number of nitrogen functional groups attached to an aromatic ring is 1. The van der Waals surface area contributed by atoms with Crippen molar-refractivity contribution >= 4 is 16.9 Å². The van der Waals surface area contributed by atoms with E-state index in [0.717, 1.165) is 22.4 Å². The van der Waals surface area contributed by atoms with Crippen LogP contribution in [0.4, 0.5) is 5.82 Å². The summed E-state index contributed by atoms with van der Waals surface area (Å²) in [6.07, 6.45) is 0. The summed E-state index contributed by atoms with van der Waals surface area (Å²) >= 11 is 0.